The van der Waals surface area contributed by atoms with Gasteiger partial charge in [0.1, 0.15) is 0 Å². The van der Waals surface area contributed by atoms with Crippen molar-refractivity contribution in [1.82, 2.24) is 4.90 Å². The molecule has 1 aromatic carbocycles. The van der Waals surface area contributed by atoms with E-state index < -0.39 is 6.10 Å². The zero-order valence-corrected chi connectivity index (χ0v) is 12.2. The largest absolute Gasteiger partial charge is 0.389 e. The van der Waals surface area contributed by atoms with E-state index in [9.17, 15) is 5.11 Å². The van der Waals surface area contributed by atoms with Crippen LogP contribution in [0, 0.1) is 13.8 Å². The van der Waals surface area contributed by atoms with E-state index in [1.54, 1.807) is 7.11 Å². The molecule has 1 saturated heterocycles. The summed E-state index contributed by atoms with van der Waals surface area (Å²) in [5.74, 6) is 0. The Hall–Kier alpha value is -0.900. The molecule has 0 aromatic heterocycles. The first-order chi connectivity index (χ1) is 9.10. The van der Waals surface area contributed by atoms with Crippen LogP contribution in [0.1, 0.15) is 35.6 Å². The Morgan fingerprint density at radius 1 is 1.32 bits per heavy atom. The average molecular weight is 263 g/mol. The van der Waals surface area contributed by atoms with Gasteiger partial charge in [0.2, 0.25) is 0 Å². The lowest BCUT2D eigenvalue weighted by molar-refractivity contribution is 0.0346. The summed E-state index contributed by atoms with van der Waals surface area (Å²) in [7, 11) is 1.63. The minimum atomic E-state index is -0.392. The van der Waals surface area contributed by atoms with Crippen LogP contribution in [-0.4, -0.2) is 42.9 Å². The molecule has 3 nitrogen and oxygen atoms in total. The van der Waals surface area contributed by atoms with Crippen LogP contribution >= 0.6 is 0 Å². The molecule has 0 amide bonds. The van der Waals surface area contributed by atoms with E-state index in [-0.39, 0.29) is 0 Å². The molecule has 1 N–H and O–H groups in total. The van der Waals surface area contributed by atoms with Crippen molar-refractivity contribution in [3.05, 3.63) is 34.9 Å². The van der Waals surface area contributed by atoms with Gasteiger partial charge in [0, 0.05) is 19.7 Å². The molecular formula is C16H25NO2. The predicted molar refractivity (Wildman–Crippen MR) is 77.3 cm³/mol. The van der Waals surface area contributed by atoms with Crippen LogP contribution in [0.4, 0.5) is 0 Å². The molecule has 1 aromatic rings. The molecule has 106 valence electrons. The topological polar surface area (TPSA) is 32.7 Å². The number of methoxy groups -OCH3 is 1. The van der Waals surface area contributed by atoms with Crippen LogP contribution < -0.4 is 0 Å². The summed E-state index contributed by atoms with van der Waals surface area (Å²) in [5.41, 5.74) is 4.03. The lowest BCUT2D eigenvalue weighted by atomic mass is 9.99. The zero-order valence-electron chi connectivity index (χ0n) is 12.2. The number of β-amino-alcohol motifs (C(OH)–C–C–N with tert-alkyl or cyclic N) is 1. The molecule has 2 atom stereocenters. The Morgan fingerprint density at radius 3 is 2.63 bits per heavy atom. The number of hydrogen-bond acceptors (Lipinski definition) is 3. The maximum atomic E-state index is 9.92. The van der Waals surface area contributed by atoms with E-state index in [1.807, 2.05) is 0 Å². The smallest absolute Gasteiger partial charge is 0.0900 e. The fraction of sp³-hybridized carbons (Fsp3) is 0.625. The number of aliphatic hydroxyl groups is 1. The second-order valence-corrected chi connectivity index (χ2v) is 5.68. The minimum absolute atomic E-state index is 0.392. The van der Waals surface area contributed by atoms with Gasteiger partial charge in [-0.15, -0.1) is 0 Å². The normalized spacial score (nSPS) is 21.8. The molecule has 0 saturated carbocycles. The van der Waals surface area contributed by atoms with Crippen molar-refractivity contribution in [3.63, 3.8) is 0 Å². The molecule has 3 heteroatoms. The van der Waals surface area contributed by atoms with Crippen LogP contribution in [0.5, 0.6) is 0 Å². The number of ether oxygens (including phenoxy) is 1. The van der Waals surface area contributed by atoms with E-state index in [2.05, 4.69) is 36.9 Å². The molecule has 1 aliphatic heterocycles. The number of benzene rings is 1. The minimum Gasteiger partial charge on any atom is -0.389 e. The summed E-state index contributed by atoms with van der Waals surface area (Å²) in [5, 5.41) is 9.92. The van der Waals surface area contributed by atoms with Gasteiger partial charge in [0.25, 0.3) is 0 Å². The summed E-state index contributed by atoms with van der Waals surface area (Å²) < 4.78 is 5.02. The summed E-state index contributed by atoms with van der Waals surface area (Å²) >= 11 is 0. The van der Waals surface area contributed by atoms with Gasteiger partial charge in [-0.1, -0.05) is 29.3 Å². The third-order valence-electron chi connectivity index (χ3n) is 3.80. The second kappa shape index (κ2) is 6.51. The first-order valence-corrected chi connectivity index (χ1v) is 7.09. The summed E-state index contributed by atoms with van der Waals surface area (Å²) in [6.07, 6.45) is 2.00. The number of aliphatic hydroxyl groups excluding tert-OH is 1. The highest BCUT2D eigenvalue weighted by Gasteiger charge is 2.27. The Kier molecular flexibility index (Phi) is 4.97. The van der Waals surface area contributed by atoms with Crippen molar-refractivity contribution >= 4 is 0 Å². The summed E-state index contributed by atoms with van der Waals surface area (Å²) in [6, 6.07) is 7.21. The first-order valence-electron chi connectivity index (χ1n) is 7.09. The zero-order chi connectivity index (χ0) is 13.8. The van der Waals surface area contributed by atoms with Crippen LogP contribution in [0.25, 0.3) is 0 Å². The quantitative estimate of drug-likeness (QED) is 0.885. The lowest BCUT2D eigenvalue weighted by Crippen LogP contribution is -2.34. The monoisotopic (exact) mass is 263 g/mol. The highest BCUT2D eigenvalue weighted by molar-refractivity contribution is 5.31. The van der Waals surface area contributed by atoms with Crippen molar-refractivity contribution in [2.45, 2.75) is 38.8 Å². The van der Waals surface area contributed by atoms with Gasteiger partial charge in [0.05, 0.1) is 12.7 Å². The molecular weight excluding hydrogens is 238 g/mol. The van der Waals surface area contributed by atoms with Gasteiger partial charge in [0.15, 0.2) is 0 Å². The number of nitrogens with zero attached hydrogens (tertiary/aromatic N) is 1. The van der Waals surface area contributed by atoms with Gasteiger partial charge in [-0.2, -0.15) is 0 Å². The van der Waals surface area contributed by atoms with E-state index >= 15 is 0 Å². The van der Waals surface area contributed by atoms with E-state index in [0.29, 0.717) is 19.2 Å². The van der Waals surface area contributed by atoms with Crippen molar-refractivity contribution in [1.29, 1.82) is 0 Å². The van der Waals surface area contributed by atoms with Crippen molar-refractivity contribution in [2.24, 2.45) is 0 Å². The Labute approximate surface area is 116 Å². The van der Waals surface area contributed by atoms with Gasteiger partial charge >= 0.3 is 0 Å². The average Bonchev–Trinajstić information content (AvgIpc) is 2.76. The maximum Gasteiger partial charge on any atom is 0.0900 e. The molecule has 1 heterocycles. The van der Waals surface area contributed by atoms with Crippen molar-refractivity contribution < 1.29 is 9.84 Å². The number of likely N-dealkylation sites (tertiary alicyclic amines) is 1. The van der Waals surface area contributed by atoms with Crippen molar-refractivity contribution in [3.8, 4) is 0 Å². The SMILES string of the molecule is COC[C@H](O)CN1CCC[C@H]1c1cc(C)cc(C)c1. The molecule has 1 fully saturated rings. The molecule has 0 bridgehead atoms. The molecule has 0 spiro atoms. The Balaban J connectivity index is 2.09. The molecule has 0 aliphatic carbocycles. The standard InChI is InChI=1S/C16H25NO2/c1-12-7-13(2)9-14(8-12)16-5-4-6-17(16)10-15(18)11-19-3/h7-9,15-16,18H,4-6,10-11H2,1-3H3/t15-,16+/m1/s1. The second-order valence-electron chi connectivity index (χ2n) is 5.68. The van der Waals surface area contributed by atoms with Crippen LogP contribution in [0.15, 0.2) is 18.2 Å². The van der Waals surface area contributed by atoms with E-state index in [0.717, 1.165) is 6.54 Å². The van der Waals surface area contributed by atoms with Gasteiger partial charge in [-0.05, 0) is 38.8 Å². The fourth-order valence-electron chi connectivity index (χ4n) is 3.14. The third-order valence-corrected chi connectivity index (χ3v) is 3.80. The van der Waals surface area contributed by atoms with Crippen LogP contribution in [0.2, 0.25) is 0 Å². The number of aryl methyl sites for hydroxylation is 2. The molecule has 2 rings (SSSR count). The van der Waals surface area contributed by atoms with Crippen LogP contribution in [-0.2, 0) is 4.74 Å². The third kappa shape index (κ3) is 3.78. The number of hydrogen-bond donors (Lipinski definition) is 1. The Morgan fingerprint density at radius 2 is 2.00 bits per heavy atom. The summed E-state index contributed by atoms with van der Waals surface area (Å²) in [4.78, 5) is 2.39. The lowest BCUT2D eigenvalue weighted by Gasteiger charge is -2.27. The molecule has 0 radical (unpaired) electrons. The maximum absolute atomic E-state index is 9.92. The first kappa shape index (κ1) is 14.5. The fourth-order valence-corrected chi connectivity index (χ4v) is 3.14. The number of rotatable bonds is 5. The molecule has 1 aliphatic rings. The van der Waals surface area contributed by atoms with Crippen LogP contribution in [0.3, 0.4) is 0 Å². The van der Waals surface area contributed by atoms with Gasteiger partial charge in [-0.25, -0.2) is 0 Å². The predicted octanol–water partition coefficient (Wildman–Crippen LogP) is 2.45. The highest BCUT2D eigenvalue weighted by Crippen LogP contribution is 2.32. The van der Waals surface area contributed by atoms with E-state index in [1.165, 1.54) is 29.5 Å². The molecule has 0 unspecified atom stereocenters. The summed E-state index contributed by atoms with van der Waals surface area (Å²) in [6.45, 7) is 6.48. The van der Waals surface area contributed by atoms with E-state index in [4.69, 9.17) is 4.74 Å². The van der Waals surface area contributed by atoms with Crippen molar-refractivity contribution in [2.75, 3.05) is 26.8 Å². The van der Waals surface area contributed by atoms with Gasteiger partial charge in [-0.3, -0.25) is 4.90 Å². The van der Waals surface area contributed by atoms with Gasteiger partial charge < -0.3 is 9.84 Å². The Bertz CT molecular complexity index is 399. The highest BCUT2D eigenvalue weighted by atomic mass is 16.5. The molecule has 19 heavy (non-hydrogen) atoms.